The molecule has 1 aromatic rings. The highest BCUT2D eigenvalue weighted by molar-refractivity contribution is 7.80. The Kier molecular flexibility index (Phi) is 5.23. The highest BCUT2D eigenvalue weighted by Crippen LogP contribution is 2.30. The first-order valence-electron chi connectivity index (χ1n) is 8.66. The van der Waals surface area contributed by atoms with E-state index in [0.717, 1.165) is 42.9 Å². The largest absolute Gasteiger partial charge is 0.490 e. The van der Waals surface area contributed by atoms with E-state index in [2.05, 4.69) is 4.90 Å². The summed E-state index contributed by atoms with van der Waals surface area (Å²) in [5.74, 6) is 1.68. The van der Waals surface area contributed by atoms with Gasteiger partial charge in [0.1, 0.15) is 6.04 Å². The lowest BCUT2D eigenvalue weighted by Crippen LogP contribution is -2.34. The monoisotopic (exact) mass is 348 g/mol. The summed E-state index contributed by atoms with van der Waals surface area (Å²) in [6.07, 6.45) is 2.73. The van der Waals surface area contributed by atoms with E-state index in [1.54, 1.807) is 4.90 Å². The number of thiocarbonyl (C=S) groups is 1. The Morgan fingerprint density at radius 3 is 2.67 bits per heavy atom. The molecule has 6 heteroatoms. The molecule has 0 spiro atoms. The molecular formula is C18H24N2O3S. The topological polar surface area (TPSA) is 42.0 Å². The maximum Gasteiger partial charge on any atom is 0.251 e. The number of nitrogens with zero attached hydrogens (tertiary/aromatic N) is 2. The number of benzene rings is 1. The molecule has 2 heterocycles. The van der Waals surface area contributed by atoms with Gasteiger partial charge in [-0.3, -0.25) is 9.69 Å². The Balaban J connectivity index is 1.67. The molecule has 1 unspecified atom stereocenters. The SMILES string of the molecule is CCOc1ccc(CCN2C(=O)C3CCCN3C2=S)cc1OCC. The number of amides is 1. The van der Waals surface area contributed by atoms with Crippen molar-refractivity contribution in [3.05, 3.63) is 23.8 Å². The van der Waals surface area contributed by atoms with Crippen molar-refractivity contribution >= 4 is 23.2 Å². The Morgan fingerprint density at radius 1 is 1.21 bits per heavy atom. The molecule has 130 valence electrons. The highest BCUT2D eigenvalue weighted by Gasteiger charge is 2.44. The van der Waals surface area contributed by atoms with Crippen molar-refractivity contribution in [2.75, 3.05) is 26.3 Å². The van der Waals surface area contributed by atoms with Crippen LogP contribution < -0.4 is 9.47 Å². The van der Waals surface area contributed by atoms with Crippen molar-refractivity contribution in [3.63, 3.8) is 0 Å². The van der Waals surface area contributed by atoms with Crippen molar-refractivity contribution in [1.82, 2.24) is 9.80 Å². The molecule has 0 radical (unpaired) electrons. The van der Waals surface area contributed by atoms with Crippen LogP contribution >= 0.6 is 12.2 Å². The lowest BCUT2D eigenvalue weighted by molar-refractivity contribution is -0.127. The third-order valence-electron chi connectivity index (χ3n) is 4.51. The molecule has 2 fully saturated rings. The second-order valence-electron chi connectivity index (χ2n) is 6.02. The van der Waals surface area contributed by atoms with Gasteiger partial charge in [0.15, 0.2) is 16.6 Å². The maximum atomic E-state index is 12.5. The molecule has 0 aromatic heterocycles. The third kappa shape index (κ3) is 3.20. The molecule has 24 heavy (non-hydrogen) atoms. The summed E-state index contributed by atoms with van der Waals surface area (Å²) in [4.78, 5) is 16.3. The molecule has 1 atom stereocenters. The number of carbonyl (C=O) groups excluding carboxylic acids is 1. The van der Waals surface area contributed by atoms with E-state index in [1.807, 2.05) is 32.0 Å². The Morgan fingerprint density at radius 2 is 1.96 bits per heavy atom. The Bertz CT molecular complexity index is 613. The minimum absolute atomic E-state index is 0.0168. The van der Waals surface area contributed by atoms with Gasteiger partial charge < -0.3 is 14.4 Å². The molecule has 1 amide bonds. The van der Waals surface area contributed by atoms with Crippen molar-refractivity contribution in [2.45, 2.75) is 39.2 Å². The second kappa shape index (κ2) is 7.38. The average Bonchev–Trinajstić information content (AvgIpc) is 3.14. The standard InChI is InChI=1S/C18H24N2O3S/c1-3-22-15-8-7-13(12-16(15)23-4-2)9-11-20-17(21)14-6-5-10-19(14)18(20)24/h7-8,12,14H,3-6,9-11H2,1-2H3. The van der Waals surface area contributed by atoms with E-state index < -0.39 is 0 Å². The van der Waals surface area contributed by atoms with E-state index in [1.165, 1.54) is 0 Å². The summed E-state index contributed by atoms with van der Waals surface area (Å²) in [7, 11) is 0. The number of hydrogen-bond donors (Lipinski definition) is 0. The fourth-order valence-corrected chi connectivity index (χ4v) is 3.78. The predicted octanol–water partition coefficient (Wildman–Crippen LogP) is 2.62. The first-order chi connectivity index (χ1) is 11.7. The molecular weight excluding hydrogens is 324 g/mol. The highest BCUT2D eigenvalue weighted by atomic mass is 32.1. The number of ether oxygens (including phenoxy) is 2. The van der Waals surface area contributed by atoms with Crippen LogP contribution in [-0.4, -0.2) is 53.2 Å². The van der Waals surface area contributed by atoms with Gasteiger partial charge >= 0.3 is 0 Å². The normalized spacial score (nSPS) is 19.8. The second-order valence-corrected chi connectivity index (χ2v) is 6.39. The molecule has 5 nitrogen and oxygen atoms in total. The van der Waals surface area contributed by atoms with Crippen LogP contribution in [0.3, 0.4) is 0 Å². The minimum Gasteiger partial charge on any atom is -0.490 e. The van der Waals surface area contributed by atoms with Gasteiger partial charge in [-0.1, -0.05) is 6.07 Å². The molecule has 1 aromatic carbocycles. The van der Waals surface area contributed by atoms with Gasteiger partial charge in [0, 0.05) is 13.1 Å². The number of fused-ring (bicyclic) bond motifs is 1. The van der Waals surface area contributed by atoms with Gasteiger partial charge in [0.05, 0.1) is 13.2 Å². The first kappa shape index (κ1) is 17.0. The molecule has 0 N–H and O–H groups in total. The zero-order chi connectivity index (χ0) is 17.1. The van der Waals surface area contributed by atoms with Gasteiger partial charge in [-0.05, 0) is 63.0 Å². The van der Waals surface area contributed by atoms with Crippen LogP contribution in [0.15, 0.2) is 18.2 Å². The minimum atomic E-state index is -0.0168. The lowest BCUT2D eigenvalue weighted by Gasteiger charge is -2.19. The van der Waals surface area contributed by atoms with E-state index in [4.69, 9.17) is 21.7 Å². The number of rotatable bonds is 7. The van der Waals surface area contributed by atoms with Crippen LogP contribution in [0.4, 0.5) is 0 Å². The van der Waals surface area contributed by atoms with Gasteiger partial charge in [0.25, 0.3) is 5.91 Å². The van der Waals surface area contributed by atoms with Crippen molar-refractivity contribution < 1.29 is 14.3 Å². The molecule has 2 aliphatic heterocycles. The Labute approximate surface area is 148 Å². The lowest BCUT2D eigenvalue weighted by atomic mass is 10.1. The summed E-state index contributed by atoms with van der Waals surface area (Å²) in [6.45, 7) is 6.63. The van der Waals surface area contributed by atoms with Gasteiger partial charge in [-0.2, -0.15) is 0 Å². The van der Waals surface area contributed by atoms with Crippen LogP contribution in [0.2, 0.25) is 0 Å². The zero-order valence-corrected chi connectivity index (χ0v) is 15.1. The third-order valence-corrected chi connectivity index (χ3v) is 4.97. The fourth-order valence-electron chi connectivity index (χ4n) is 3.38. The average molecular weight is 348 g/mol. The van der Waals surface area contributed by atoms with Crippen LogP contribution in [0.5, 0.6) is 11.5 Å². The summed E-state index contributed by atoms with van der Waals surface area (Å²) in [6, 6.07) is 5.95. The summed E-state index contributed by atoms with van der Waals surface area (Å²) in [5.41, 5.74) is 1.12. The van der Waals surface area contributed by atoms with Gasteiger partial charge in [-0.25, -0.2) is 0 Å². The van der Waals surface area contributed by atoms with Crippen LogP contribution in [0.1, 0.15) is 32.3 Å². The van der Waals surface area contributed by atoms with E-state index in [0.29, 0.717) is 24.9 Å². The summed E-state index contributed by atoms with van der Waals surface area (Å²) in [5, 5.41) is 0.693. The predicted molar refractivity (Wildman–Crippen MR) is 96.5 cm³/mol. The molecule has 2 saturated heterocycles. The molecule has 0 aliphatic carbocycles. The fraction of sp³-hybridized carbons (Fsp3) is 0.556. The van der Waals surface area contributed by atoms with Gasteiger partial charge in [0.2, 0.25) is 0 Å². The van der Waals surface area contributed by atoms with Crippen molar-refractivity contribution in [3.8, 4) is 11.5 Å². The number of hydrogen-bond acceptors (Lipinski definition) is 4. The summed E-state index contributed by atoms with van der Waals surface area (Å²) < 4.78 is 11.3. The molecule has 0 saturated carbocycles. The Hall–Kier alpha value is -1.82. The smallest absolute Gasteiger partial charge is 0.251 e. The zero-order valence-electron chi connectivity index (χ0n) is 14.3. The van der Waals surface area contributed by atoms with Crippen LogP contribution in [-0.2, 0) is 11.2 Å². The molecule has 0 bridgehead atoms. The van der Waals surface area contributed by atoms with Crippen molar-refractivity contribution in [2.24, 2.45) is 0 Å². The maximum absolute atomic E-state index is 12.5. The van der Waals surface area contributed by atoms with Crippen LogP contribution in [0, 0.1) is 0 Å². The van der Waals surface area contributed by atoms with E-state index >= 15 is 0 Å². The molecule has 3 rings (SSSR count). The number of carbonyl (C=O) groups is 1. The van der Waals surface area contributed by atoms with Gasteiger partial charge in [-0.15, -0.1) is 0 Å². The summed E-state index contributed by atoms with van der Waals surface area (Å²) >= 11 is 5.48. The van der Waals surface area contributed by atoms with Crippen molar-refractivity contribution in [1.29, 1.82) is 0 Å². The molecule has 2 aliphatic rings. The first-order valence-corrected chi connectivity index (χ1v) is 9.07. The van der Waals surface area contributed by atoms with Crippen LogP contribution in [0.25, 0.3) is 0 Å². The van der Waals surface area contributed by atoms with E-state index in [9.17, 15) is 4.79 Å². The van der Waals surface area contributed by atoms with E-state index in [-0.39, 0.29) is 11.9 Å². The quantitative estimate of drug-likeness (QED) is 0.709.